The predicted molar refractivity (Wildman–Crippen MR) is 112 cm³/mol. The summed E-state index contributed by atoms with van der Waals surface area (Å²) in [5.41, 5.74) is 2.44. The molecule has 1 fully saturated rings. The van der Waals surface area contributed by atoms with Gasteiger partial charge in [-0.2, -0.15) is 0 Å². The summed E-state index contributed by atoms with van der Waals surface area (Å²) >= 11 is 0. The summed E-state index contributed by atoms with van der Waals surface area (Å²) < 4.78 is 24.2. The Bertz CT molecular complexity index is 1030. The zero-order valence-corrected chi connectivity index (χ0v) is 16.9. The number of urea groups is 1. The number of aromatic nitrogens is 1. The maximum absolute atomic E-state index is 13.0. The smallest absolute Gasteiger partial charge is 0.321 e. The van der Waals surface area contributed by atoms with E-state index < -0.39 is 0 Å². The van der Waals surface area contributed by atoms with Gasteiger partial charge in [0.25, 0.3) is 0 Å². The van der Waals surface area contributed by atoms with Crippen LogP contribution >= 0.6 is 0 Å². The van der Waals surface area contributed by atoms with Crippen molar-refractivity contribution in [3.05, 3.63) is 60.4 Å². The van der Waals surface area contributed by atoms with Crippen LogP contribution in [0.1, 0.15) is 5.89 Å². The lowest BCUT2D eigenvalue weighted by atomic mass is 10.1. The van der Waals surface area contributed by atoms with Crippen LogP contribution in [0, 0.1) is 12.7 Å². The van der Waals surface area contributed by atoms with Gasteiger partial charge in [-0.25, -0.2) is 14.2 Å². The fraction of sp³-hybridized carbons (Fsp3) is 0.273. The molecule has 1 aromatic heterocycles. The molecule has 0 spiro atoms. The van der Waals surface area contributed by atoms with Crippen molar-refractivity contribution >= 4 is 17.4 Å². The molecule has 1 aliphatic heterocycles. The van der Waals surface area contributed by atoms with Crippen LogP contribution in [0.4, 0.5) is 20.6 Å². The summed E-state index contributed by atoms with van der Waals surface area (Å²) in [5, 5.41) is 2.80. The molecule has 0 unspecified atom stereocenters. The van der Waals surface area contributed by atoms with Crippen LogP contribution < -0.4 is 15.0 Å². The highest BCUT2D eigenvalue weighted by molar-refractivity contribution is 5.89. The molecule has 0 bridgehead atoms. The van der Waals surface area contributed by atoms with Crippen LogP contribution in [-0.2, 0) is 0 Å². The zero-order valence-electron chi connectivity index (χ0n) is 16.9. The SMILES string of the molecule is COc1cc(N2CCN(C(=O)Nc3ccc(F)cc3)CC2)ccc1-c1cnc(C)o1. The third kappa shape index (κ3) is 4.22. The number of oxazole rings is 1. The van der Waals surface area contributed by atoms with Crippen LogP contribution in [0.15, 0.2) is 53.1 Å². The van der Waals surface area contributed by atoms with Crippen LogP contribution in [-0.4, -0.2) is 49.2 Å². The third-order valence-electron chi connectivity index (χ3n) is 5.10. The van der Waals surface area contributed by atoms with Crippen molar-refractivity contribution in [1.82, 2.24) is 9.88 Å². The maximum atomic E-state index is 13.0. The number of nitrogens with zero attached hydrogens (tertiary/aromatic N) is 3. The van der Waals surface area contributed by atoms with Crippen molar-refractivity contribution in [3.63, 3.8) is 0 Å². The van der Waals surface area contributed by atoms with Crippen LogP contribution in [0.3, 0.4) is 0 Å². The Kier molecular flexibility index (Phi) is 5.56. The van der Waals surface area contributed by atoms with Gasteiger partial charge in [0, 0.05) is 50.5 Å². The van der Waals surface area contributed by atoms with E-state index in [1.807, 2.05) is 18.2 Å². The molecule has 2 amide bonds. The highest BCUT2D eigenvalue weighted by Crippen LogP contribution is 2.34. The first-order valence-corrected chi connectivity index (χ1v) is 9.71. The van der Waals surface area contributed by atoms with Crippen molar-refractivity contribution in [2.75, 3.05) is 43.5 Å². The van der Waals surface area contributed by atoms with E-state index in [4.69, 9.17) is 9.15 Å². The number of amides is 2. The maximum Gasteiger partial charge on any atom is 0.321 e. The monoisotopic (exact) mass is 410 g/mol. The molecule has 2 heterocycles. The zero-order chi connectivity index (χ0) is 21.1. The van der Waals surface area contributed by atoms with E-state index in [1.165, 1.54) is 12.1 Å². The van der Waals surface area contributed by atoms with E-state index in [0.717, 1.165) is 11.3 Å². The predicted octanol–water partition coefficient (Wildman–Crippen LogP) is 4.15. The first-order chi connectivity index (χ1) is 14.5. The molecule has 8 heteroatoms. The van der Waals surface area contributed by atoms with Gasteiger partial charge in [0.05, 0.1) is 18.9 Å². The first kappa shape index (κ1) is 19.8. The van der Waals surface area contributed by atoms with Gasteiger partial charge >= 0.3 is 6.03 Å². The van der Waals surface area contributed by atoms with Crippen LogP contribution in [0.2, 0.25) is 0 Å². The topological polar surface area (TPSA) is 70.8 Å². The summed E-state index contributed by atoms with van der Waals surface area (Å²) in [6.07, 6.45) is 1.69. The van der Waals surface area contributed by atoms with Crippen molar-refractivity contribution in [2.24, 2.45) is 0 Å². The number of rotatable bonds is 4. The molecule has 1 N–H and O–H groups in total. The molecule has 4 rings (SSSR count). The largest absolute Gasteiger partial charge is 0.496 e. The van der Waals surface area contributed by atoms with Gasteiger partial charge in [-0.15, -0.1) is 0 Å². The third-order valence-corrected chi connectivity index (χ3v) is 5.10. The molecule has 7 nitrogen and oxygen atoms in total. The van der Waals surface area contributed by atoms with Gasteiger partial charge < -0.3 is 24.3 Å². The number of halogens is 1. The summed E-state index contributed by atoms with van der Waals surface area (Å²) in [6.45, 7) is 4.36. The summed E-state index contributed by atoms with van der Waals surface area (Å²) in [6, 6.07) is 11.5. The quantitative estimate of drug-likeness (QED) is 0.700. The summed E-state index contributed by atoms with van der Waals surface area (Å²) in [5.74, 6) is 1.64. The van der Waals surface area contributed by atoms with E-state index in [0.29, 0.717) is 49.3 Å². The Balaban J connectivity index is 1.40. The molecule has 1 aliphatic rings. The highest BCUT2D eigenvalue weighted by Gasteiger charge is 2.22. The van der Waals surface area contributed by atoms with Gasteiger partial charge in [0.2, 0.25) is 0 Å². The van der Waals surface area contributed by atoms with Gasteiger partial charge in [-0.3, -0.25) is 0 Å². The van der Waals surface area contributed by atoms with Gasteiger partial charge in [0.1, 0.15) is 11.6 Å². The lowest BCUT2D eigenvalue weighted by Crippen LogP contribution is -2.50. The number of piperazine rings is 1. The lowest BCUT2D eigenvalue weighted by Gasteiger charge is -2.36. The molecule has 156 valence electrons. The second kappa shape index (κ2) is 8.44. The molecule has 3 aromatic rings. The number of anilines is 2. The average Bonchev–Trinajstić information content (AvgIpc) is 3.21. The number of hydrogen-bond donors (Lipinski definition) is 1. The van der Waals surface area contributed by atoms with Gasteiger partial charge in [-0.05, 0) is 36.4 Å². The van der Waals surface area contributed by atoms with E-state index in [2.05, 4.69) is 15.2 Å². The van der Waals surface area contributed by atoms with E-state index in [1.54, 1.807) is 37.3 Å². The van der Waals surface area contributed by atoms with E-state index in [9.17, 15) is 9.18 Å². The molecule has 2 aromatic carbocycles. The Labute approximate surface area is 174 Å². The normalized spacial score (nSPS) is 14.0. The Hall–Kier alpha value is -3.55. The van der Waals surface area contributed by atoms with Crippen LogP contribution in [0.25, 0.3) is 11.3 Å². The number of carbonyl (C=O) groups is 1. The fourth-order valence-corrected chi connectivity index (χ4v) is 3.47. The molecule has 0 radical (unpaired) electrons. The Morgan fingerprint density at radius 2 is 1.87 bits per heavy atom. The molecular formula is C22H23FN4O3. The Morgan fingerprint density at radius 3 is 2.50 bits per heavy atom. The number of methoxy groups -OCH3 is 1. The second-order valence-electron chi connectivity index (χ2n) is 7.04. The molecule has 0 atom stereocenters. The average molecular weight is 410 g/mol. The minimum atomic E-state index is -0.332. The summed E-state index contributed by atoms with van der Waals surface area (Å²) in [7, 11) is 1.63. The van der Waals surface area contributed by atoms with Crippen molar-refractivity contribution in [3.8, 4) is 17.1 Å². The highest BCUT2D eigenvalue weighted by atomic mass is 19.1. The number of ether oxygens (including phenoxy) is 1. The summed E-state index contributed by atoms with van der Waals surface area (Å²) in [4.78, 5) is 20.6. The van der Waals surface area contributed by atoms with E-state index >= 15 is 0 Å². The molecular weight excluding hydrogens is 387 g/mol. The molecule has 1 saturated heterocycles. The minimum Gasteiger partial charge on any atom is -0.496 e. The fourth-order valence-electron chi connectivity index (χ4n) is 3.47. The lowest BCUT2D eigenvalue weighted by molar-refractivity contribution is 0.208. The molecule has 0 aliphatic carbocycles. The van der Waals surface area contributed by atoms with Gasteiger partial charge in [0.15, 0.2) is 11.7 Å². The van der Waals surface area contributed by atoms with Crippen LogP contribution in [0.5, 0.6) is 5.75 Å². The Morgan fingerprint density at radius 1 is 1.13 bits per heavy atom. The standard InChI is InChI=1S/C22H23FN4O3/c1-15-24-14-21(30-15)19-8-7-18(13-20(19)29-2)26-9-11-27(12-10-26)22(28)25-17-5-3-16(23)4-6-17/h3-8,13-14H,9-12H2,1-2H3,(H,25,28). The number of benzene rings is 2. The number of carbonyl (C=O) groups excluding carboxylic acids is 1. The number of aryl methyl sites for hydroxylation is 1. The number of hydrogen-bond acceptors (Lipinski definition) is 5. The van der Waals surface area contributed by atoms with Crippen molar-refractivity contribution in [2.45, 2.75) is 6.92 Å². The van der Waals surface area contributed by atoms with Crippen molar-refractivity contribution in [1.29, 1.82) is 0 Å². The number of nitrogens with one attached hydrogen (secondary N) is 1. The first-order valence-electron chi connectivity index (χ1n) is 9.71. The van der Waals surface area contributed by atoms with Crippen molar-refractivity contribution < 1.29 is 18.3 Å². The molecule has 30 heavy (non-hydrogen) atoms. The van der Waals surface area contributed by atoms with E-state index in [-0.39, 0.29) is 11.8 Å². The van der Waals surface area contributed by atoms with Gasteiger partial charge in [-0.1, -0.05) is 0 Å². The second-order valence-corrected chi connectivity index (χ2v) is 7.04. The minimum absolute atomic E-state index is 0.185. The molecule has 0 saturated carbocycles.